The van der Waals surface area contributed by atoms with Gasteiger partial charge < -0.3 is 15.8 Å². The molecule has 21 heavy (non-hydrogen) atoms. The van der Waals surface area contributed by atoms with Crippen LogP contribution >= 0.6 is 0 Å². The Morgan fingerprint density at radius 1 is 1.05 bits per heavy atom. The SMILES string of the molecule is CC(NC(=O)c1cccc(Oc2ccccc2)c1)C(N)=O. The van der Waals surface area contributed by atoms with Gasteiger partial charge in [0.25, 0.3) is 5.91 Å². The number of rotatable bonds is 5. The van der Waals surface area contributed by atoms with Crippen LogP contribution in [0.1, 0.15) is 17.3 Å². The molecule has 0 spiro atoms. The highest BCUT2D eigenvalue weighted by Crippen LogP contribution is 2.21. The van der Waals surface area contributed by atoms with Crippen LogP contribution in [0, 0.1) is 0 Å². The van der Waals surface area contributed by atoms with Crippen molar-refractivity contribution in [1.29, 1.82) is 0 Å². The Morgan fingerprint density at radius 2 is 1.71 bits per heavy atom. The molecule has 2 aromatic rings. The minimum Gasteiger partial charge on any atom is -0.457 e. The van der Waals surface area contributed by atoms with E-state index in [0.29, 0.717) is 17.1 Å². The van der Waals surface area contributed by atoms with Gasteiger partial charge in [0.2, 0.25) is 5.91 Å². The highest BCUT2D eigenvalue weighted by Gasteiger charge is 2.14. The van der Waals surface area contributed by atoms with Gasteiger partial charge in [0.1, 0.15) is 17.5 Å². The number of benzene rings is 2. The third kappa shape index (κ3) is 4.07. The fraction of sp³-hybridized carbons (Fsp3) is 0.125. The van der Waals surface area contributed by atoms with E-state index in [-0.39, 0.29) is 5.91 Å². The van der Waals surface area contributed by atoms with Crippen molar-refractivity contribution >= 4 is 11.8 Å². The maximum Gasteiger partial charge on any atom is 0.252 e. The van der Waals surface area contributed by atoms with E-state index >= 15 is 0 Å². The quantitative estimate of drug-likeness (QED) is 0.882. The van der Waals surface area contributed by atoms with E-state index in [9.17, 15) is 9.59 Å². The first-order chi connectivity index (χ1) is 10.1. The molecule has 3 N–H and O–H groups in total. The van der Waals surface area contributed by atoms with Gasteiger partial charge in [0.05, 0.1) is 0 Å². The first-order valence-corrected chi connectivity index (χ1v) is 6.49. The van der Waals surface area contributed by atoms with Gasteiger partial charge in [-0.2, -0.15) is 0 Å². The second-order valence-corrected chi connectivity index (χ2v) is 4.54. The number of ether oxygens (including phenoxy) is 1. The molecule has 0 radical (unpaired) electrons. The Hall–Kier alpha value is -2.82. The Bertz CT molecular complexity index is 641. The van der Waals surface area contributed by atoms with E-state index in [1.165, 1.54) is 6.92 Å². The maximum absolute atomic E-state index is 12.0. The smallest absolute Gasteiger partial charge is 0.252 e. The standard InChI is InChI=1S/C16H16N2O3/c1-11(15(17)19)18-16(20)12-6-5-9-14(10-12)21-13-7-3-2-4-8-13/h2-11H,1H3,(H2,17,19)(H,18,20). The largest absolute Gasteiger partial charge is 0.457 e. The zero-order valence-corrected chi connectivity index (χ0v) is 11.6. The summed E-state index contributed by atoms with van der Waals surface area (Å²) in [5.74, 6) is 0.265. The molecule has 0 aliphatic heterocycles. The molecule has 0 saturated heterocycles. The second-order valence-electron chi connectivity index (χ2n) is 4.54. The number of hydrogen-bond donors (Lipinski definition) is 2. The van der Waals surface area contributed by atoms with Gasteiger partial charge in [-0.15, -0.1) is 0 Å². The molecule has 0 fully saturated rings. The van der Waals surface area contributed by atoms with E-state index < -0.39 is 11.9 Å². The van der Waals surface area contributed by atoms with E-state index in [4.69, 9.17) is 10.5 Å². The molecule has 2 amide bonds. The summed E-state index contributed by atoms with van der Waals surface area (Å²) in [6.07, 6.45) is 0. The minimum absolute atomic E-state index is 0.375. The van der Waals surface area contributed by atoms with Crippen molar-refractivity contribution < 1.29 is 14.3 Å². The second kappa shape index (κ2) is 6.56. The Balaban J connectivity index is 2.10. The summed E-state index contributed by atoms with van der Waals surface area (Å²) >= 11 is 0. The average molecular weight is 284 g/mol. The molecule has 0 saturated carbocycles. The predicted octanol–water partition coefficient (Wildman–Crippen LogP) is 2.08. The molecule has 2 rings (SSSR count). The van der Waals surface area contributed by atoms with Gasteiger partial charge in [-0.05, 0) is 37.3 Å². The summed E-state index contributed by atoms with van der Waals surface area (Å²) in [5, 5.41) is 2.52. The summed E-state index contributed by atoms with van der Waals surface area (Å²) in [5.41, 5.74) is 5.52. The molecule has 2 aromatic carbocycles. The summed E-state index contributed by atoms with van der Waals surface area (Å²) < 4.78 is 5.65. The third-order valence-electron chi connectivity index (χ3n) is 2.85. The average Bonchev–Trinajstić information content (AvgIpc) is 2.48. The number of hydrogen-bond acceptors (Lipinski definition) is 3. The normalized spacial score (nSPS) is 11.5. The summed E-state index contributed by atoms with van der Waals surface area (Å²) in [7, 11) is 0. The first-order valence-electron chi connectivity index (χ1n) is 6.49. The monoisotopic (exact) mass is 284 g/mol. The Morgan fingerprint density at radius 3 is 2.38 bits per heavy atom. The van der Waals surface area contributed by atoms with Crippen LogP contribution in [-0.2, 0) is 4.79 Å². The number of nitrogens with two attached hydrogens (primary N) is 1. The van der Waals surface area contributed by atoms with Gasteiger partial charge in [-0.3, -0.25) is 9.59 Å². The molecule has 0 heterocycles. The summed E-state index contributed by atoms with van der Waals surface area (Å²) in [6, 6.07) is 15.2. The fourth-order valence-electron chi connectivity index (χ4n) is 1.68. The van der Waals surface area contributed by atoms with Crippen molar-refractivity contribution in [2.75, 3.05) is 0 Å². The van der Waals surface area contributed by atoms with Crippen molar-refractivity contribution in [2.24, 2.45) is 5.73 Å². The number of primary amides is 1. The maximum atomic E-state index is 12.0. The van der Waals surface area contributed by atoms with Crippen molar-refractivity contribution in [3.8, 4) is 11.5 Å². The highest BCUT2D eigenvalue weighted by atomic mass is 16.5. The molecule has 5 heteroatoms. The van der Waals surface area contributed by atoms with Crippen LogP contribution < -0.4 is 15.8 Å². The molecule has 5 nitrogen and oxygen atoms in total. The van der Waals surface area contributed by atoms with Gasteiger partial charge in [0.15, 0.2) is 0 Å². The number of carbonyl (C=O) groups is 2. The summed E-state index contributed by atoms with van der Waals surface area (Å²) in [4.78, 5) is 22.9. The van der Waals surface area contributed by atoms with Crippen molar-refractivity contribution in [3.63, 3.8) is 0 Å². The molecule has 0 aliphatic carbocycles. The van der Waals surface area contributed by atoms with Crippen LogP contribution in [0.4, 0.5) is 0 Å². The van der Waals surface area contributed by atoms with Gasteiger partial charge in [0, 0.05) is 5.56 Å². The molecule has 108 valence electrons. The molecule has 0 aromatic heterocycles. The van der Waals surface area contributed by atoms with Crippen molar-refractivity contribution in [3.05, 3.63) is 60.2 Å². The van der Waals surface area contributed by atoms with Crippen LogP contribution in [0.2, 0.25) is 0 Å². The number of nitrogens with one attached hydrogen (secondary N) is 1. The number of amides is 2. The lowest BCUT2D eigenvalue weighted by atomic mass is 10.2. The van der Waals surface area contributed by atoms with E-state index in [1.54, 1.807) is 24.3 Å². The van der Waals surface area contributed by atoms with Gasteiger partial charge in [-0.25, -0.2) is 0 Å². The molecule has 0 aliphatic rings. The molecular formula is C16H16N2O3. The molecule has 1 atom stereocenters. The lowest BCUT2D eigenvalue weighted by Crippen LogP contribution is -2.42. The number of para-hydroxylation sites is 1. The lowest BCUT2D eigenvalue weighted by molar-refractivity contribution is -0.119. The zero-order valence-electron chi connectivity index (χ0n) is 11.6. The van der Waals surface area contributed by atoms with Crippen LogP contribution in [-0.4, -0.2) is 17.9 Å². The summed E-state index contributed by atoms with van der Waals surface area (Å²) in [6.45, 7) is 1.53. The predicted molar refractivity (Wildman–Crippen MR) is 79.1 cm³/mol. The van der Waals surface area contributed by atoms with Crippen molar-refractivity contribution in [2.45, 2.75) is 13.0 Å². The van der Waals surface area contributed by atoms with Crippen molar-refractivity contribution in [1.82, 2.24) is 5.32 Å². The molecule has 0 bridgehead atoms. The van der Waals surface area contributed by atoms with Gasteiger partial charge >= 0.3 is 0 Å². The van der Waals surface area contributed by atoms with Crippen LogP contribution in [0.25, 0.3) is 0 Å². The lowest BCUT2D eigenvalue weighted by Gasteiger charge is -2.11. The minimum atomic E-state index is -0.726. The van der Waals surface area contributed by atoms with Crippen LogP contribution in [0.15, 0.2) is 54.6 Å². The number of carbonyl (C=O) groups excluding carboxylic acids is 2. The topological polar surface area (TPSA) is 81.4 Å². The van der Waals surface area contributed by atoms with E-state index in [0.717, 1.165) is 0 Å². The highest BCUT2D eigenvalue weighted by molar-refractivity contribution is 5.97. The van der Waals surface area contributed by atoms with E-state index in [2.05, 4.69) is 5.32 Å². The van der Waals surface area contributed by atoms with Gasteiger partial charge in [-0.1, -0.05) is 24.3 Å². The zero-order chi connectivity index (χ0) is 15.2. The fourth-order valence-corrected chi connectivity index (χ4v) is 1.68. The van der Waals surface area contributed by atoms with Crippen LogP contribution in [0.5, 0.6) is 11.5 Å². The van der Waals surface area contributed by atoms with E-state index in [1.807, 2.05) is 30.3 Å². The molecule has 1 unspecified atom stereocenters. The Kier molecular flexibility index (Phi) is 4.56. The molecular weight excluding hydrogens is 268 g/mol. The Labute approximate surface area is 122 Å². The third-order valence-corrected chi connectivity index (χ3v) is 2.85. The van der Waals surface area contributed by atoms with Crippen LogP contribution in [0.3, 0.4) is 0 Å². The first kappa shape index (κ1) is 14.6.